The fraction of sp³-hybridized carbons (Fsp3) is 0.414. The van der Waals surface area contributed by atoms with E-state index in [1.54, 1.807) is 54.9 Å². The van der Waals surface area contributed by atoms with Crippen molar-refractivity contribution in [1.29, 1.82) is 0 Å². The first kappa shape index (κ1) is 59.6. The predicted molar refractivity (Wildman–Crippen MR) is 315 cm³/mol. The molecule has 2 aliphatic rings. The van der Waals surface area contributed by atoms with Gasteiger partial charge in [0, 0.05) is 104 Å². The fourth-order valence-corrected chi connectivity index (χ4v) is 11.2. The lowest BCUT2D eigenvalue weighted by Crippen LogP contribution is -2.33. The van der Waals surface area contributed by atoms with Gasteiger partial charge in [-0.25, -0.2) is 41.9 Å². The topological polar surface area (TPSA) is 248 Å². The van der Waals surface area contributed by atoms with Crippen LogP contribution in [-0.2, 0) is 29.1 Å². The molecule has 0 spiro atoms. The van der Waals surface area contributed by atoms with Crippen LogP contribution in [0.1, 0.15) is 92.9 Å². The maximum Gasteiger partial charge on any atom is 0.407 e. The molecule has 23 heteroatoms. The van der Waals surface area contributed by atoms with Gasteiger partial charge in [-0.1, -0.05) is 77.8 Å². The average Bonchev–Trinajstić information content (AvgIpc) is 3.80. The van der Waals surface area contributed by atoms with Gasteiger partial charge < -0.3 is 45.5 Å². The van der Waals surface area contributed by atoms with Crippen molar-refractivity contribution in [2.24, 2.45) is 0 Å². The number of amides is 4. The van der Waals surface area contributed by atoms with Crippen LogP contribution in [0.3, 0.4) is 0 Å². The molecule has 20 nitrogen and oxygen atoms in total. The number of nitrogens with zero attached hydrogens (tertiary/aromatic N) is 7. The number of hydrogen-bond acceptors (Lipinski definition) is 14. The van der Waals surface area contributed by atoms with E-state index in [-0.39, 0.29) is 33.8 Å². The highest BCUT2D eigenvalue weighted by Crippen LogP contribution is 2.37. The third-order valence-electron chi connectivity index (χ3n) is 13.3. The Labute approximate surface area is 482 Å². The van der Waals surface area contributed by atoms with Gasteiger partial charge >= 0.3 is 12.2 Å². The third-order valence-corrected chi connectivity index (χ3v) is 15.5. The van der Waals surface area contributed by atoms with Crippen molar-refractivity contribution in [2.75, 3.05) is 49.9 Å². The van der Waals surface area contributed by atoms with Gasteiger partial charge in [0.05, 0.1) is 44.2 Å². The molecule has 0 radical (unpaired) electrons. The number of carbonyl (C=O) groups excluding carboxylic acids is 4. The van der Waals surface area contributed by atoms with Crippen LogP contribution in [0, 0.1) is 0 Å². The zero-order chi connectivity index (χ0) is 57.9. The van der Waals surface area contributed by atoms with E-state index in [1.807, 2.05) is 93.9 Å². The Balaban J connectivity index is 0.000000218. The van der Waals surface area contributed by atoms with Gasteiger partial charge in [0.15, 0.2) is 0 Å². The second kappa shape index (κ2) is 26.4. The maximum absolute atomic E-state index is 13.6. The number of hydrogen-bond donors (Lipinski definition) is 5. The van der Waals surface area contributed by atoms with Gasteiger partial charge in [-0.05, 0) is 104 Å². The van der Waals surface area contributed by atoms with Gasteiger partial charge in [0.25, 0.3) is 10.0 Å². The summed E-state index contributed by atoms with van der Waals surface area (Å²) in [7, 11) is -3.88. The second-order valence-corrected chi connectivity index (χ2v) is 24.5. The van der Waals surface area contributed by atoms with Crippen LogP contribution in [-0.4, -0.2) is 134 Å². The minimum Gasteiger partial charge on any atom is -0.444 e. The number of rotatable bonds is 18. The molecule has 5 N–H and O–H groups in total. The highest BCUT2D eigenvalue weighted by molar-refractivity contribution is 7.90. The molecule has 9 rings (SSSR count). The minimum absolute atomic E-state index is 0.0571. The number of aromatic nitrogens is 6. The van der Waals surface area contributed by atoms with Crippen molar-refractivity contribution in [3.63, 3.8) is 0 Å². The van der Waals surface area contributed by atoms with Crippen LogP contribution in [0.4, 0.5) is 21.5 Å². The number of alkyl carbamates (subject to hydrolysis) is 2. The molecule has 2 aliphatic heterocycles. The summed E-state index contributed by atoms with van der Waals surface area (Å²) in [6, 6.07) is 23.5. The molecule has 2 fully saturated rings. The summed E-state index contributed by atoms with van der Waals surface area (Å²) in [5, 5.41) is 14.6. The van der Waals surface area contributed by atoms with Crippen LogP contribution >= 0.6 is 23.2 Å². The van der Waals surface area contributed by atoms with Crippen molar-refractivity contribution in [3.05, 3.63) is 114 Å². The first-order valence-corrected chi connectivity index (χ1v) is 29.4. The zero-order valence-corrected chi connectivity index (χ0v) is 48.8. The molecule has 3 aromatic carbocycles. The molecule has 2 saturated heterocycles. The number of unbranched alkanes of at least 4 members (excludes halogenated alkanes) is 2. The van der Waals surface area contributed by atoms with Crippen LogP contribution in [0.15, 0.2) is 109 Å². The van der Waals surface area contributed by atoms with Crippen LogP contribution in [0.5, 0.6) is 0 Å². The maximum atomic E-state index is 13.6. The Morgan fingerprint density at radius 1 is 0.642 bits per heavy atom. The number of ether oxygens (including phenoxy) is 2. The highest BCUT2D eigenvalue weighted by atomic mass is 35.5. The van der Waals surface area contributed by atoms with E-state index in [0.29, 0.717) is 116 Å². The normalized spacial score (nSPS) is 15.5. The van der Waals surface area contributed by atoms with Gasteiger partial charge in [-0.15, -0.1) is 0 Å². The number of benzene rings is 3. The number of aromatic amines is 1. The van der Waals surface area contributed by atoms with Crippen LogP contribution in [0.2, 0.25) is 10.0 Å². The second-order valence-electron chi connectivity index (χ2n) is 21.9. The van der Waals surface area contributed by atoms with E-state index >= 15 is 0 Å². The first-order valence-electron chi connectivity index (χ1n) is 27.2. The zero-order valence-electron chi connectivity index (χ0n) is 46.4. The molecule has 0 unspecified atom stereocenters. The smallest absolute Gasteiger partial charge is 0.407 e. The third kappa shape index (κ3) is 16.1. The summed E-state index contributed by atoms with van der Waals surface area (Å²) >= 11 is 13.0. The SMILES string of the molecule is CC(C)(C)OC(=O)NCCCCC(=O)N1CC[C@@H](Nc2ncc(Cl)c(-c3c[nH]c4ccccc34)n2)C1.CC(C)(C)OC(=O)NCCCCC(=O)N1CC[C@@H](Nc2ncc(Cl)c(-c3cn(S(=O)(=O)c4ccccc4)c4ccccc34)n2)C1. The number of carbonyl (C=O) groups is 4. The molecule has 0 bridgehead atoms. The number of H-pyrrole nitrogens is 1. The first-order chi connectivity index (χ1) is 38.6. The summed E-state index contributed by atoms with van der Waals surface area (Å²) in [6.45, 7) is 14.2. The van der Waals surface area contributed by atoms with Crippen molar-refractivity contribution >= 4 is 90.9 Å². The monoisotopic (exact) mass is 1160 g/mol. The number of nitrogens with one attached hydrogen (secondary N) is 5. The van der Waals surface area contributed by atoms with Crippen LogP contribution in [0.25, 0.3) is 44.3 Å². The lowest BCUT2D eigenvalue weighted by molar-refractivity contribution is -0.131. The molecule has 4 aromatic heterocycles. The van der Waals surface area contributed by atoms with E-state index in [9.17, 15) is 27.6 Å². The van der Waals surface area contributed by atoms with Gasteiger partial charge in [-0.3, -0.25) is 9.59 Å². The largest absolute Gasteiger partial charge is 0.444 e. The molecule has 81 heavy (non-hydrogen) atoms. The summed E-state index contributed by atoms with van der Waals surface area (Å²) in [6.07, 6.45) is 10.8. The highest BCUT2D eigenvalue weighted by Gasteiger charge is 2.30. The standard InChI is InChI=1S/C32H37ClN6O5S.C26H33ClN6O3/c1-32(2,3)44-31(41)34-17-10-9-15-28(40)38-18-16-22(20-38)36-30-35-19-26(33)29(37-30)25-21-39(27-14-8-7-13-24(25)27)45(42,43)23-11-5-4-6-12-23;1-26(2,3)36-25(35)28-12-7-6-10-22(34)33-13-11-17(16-33)31-24-30-15-20(27)23(32-24)19-14-29-21-9-5-4-8-18(19)21/h4-8,11-14,19,21-22H,9-10,15-18,20H2,1-3H3,(H,34,41)(H,35,36,37);4-5,8-9,14-15,17,29H,6-7,10-13,16H2,1-3H3,(H,28,35)(H,30,31,32)/t22-;17-/m11/s1. The Hall–Kier alpha value is -7.49. The lowest BCUT2D eigenvalue weighted by atomic mass is 10.1. The van der Waals surface area contributed by atoms with E-state index < -0.39 is 33.4 Å². The van der Waals surface area contributed by atoms with Crippen molar-refractivity contribution in [2.45, 2.75) is 121 Å². The predicted octanol–water partition coefficient (Wildman–Crippen LogP) is 10.7. The average molecular weight is 1170 g/mol. The molecule has 6 heterocycles. The van der Waals surface area contributed by atoms with Crippen molar-refractivity contribution in [3.8, 4) is 22.5 Å². The van der Waals surface area contributed by atoms with Crippen molar-refractivity contribution < 1.29 is 37.1 Å². The number of anilines is 2. The molecule has 0 aliphatic carbocycles. The van der Waals surface area contributed by atoms with Gasteiger partial charge in [0.1, 0.15) is 11.2 Å². The van der Waals surface area contributed by atoms with Gasteiger partial charge in [0.2, 0.25) is 23.7 Å². The molecule has 0 saturated carbocycles. The molecular formula is C58H70Cl2N12O8S. The number of likely N-dealkylation sites (tertiary alicyclic amines) is 2. The van der Waals surface area contributed by atoms with E-state index in [4.69, 9.17) is 37.7 Å². The number of fused-ring (bicyclic) bond motifs is 2. The summed E-state index contributed by atoms with van der Waals surface area (Å²) < 4.78 is 38.8. The Kier molecular flexibility index (Phi) is 19.4. The molecule has 7 aromatic rings. The summed E-state index contributed by atoms with van der Waals surface area (Å²) in [5.41, 5.74) is 3.00. The quantitative estimate of drug-likeness (QED) is 0.0502. The summed E-state index contributed by atoms with van der Waals surface area (Å²) in [5.74, 6) is 1.01. The molecule has 2 atom stereocenters. The Morgan fingerprint density at radius 3 is 1.65 bits per heavy atom. The van der Waals surface area contributed by atoms with E-state index in [2.05, 4.69) is 41.2 Å². The van der Waals surface area contributed by atoms with Crippen molar-refractivity contribution in [1.82, 2.24) is 49.3 Å². The van der Waals surface area contributed by atoms with E-state index in [0.717, 1.165) is 35.7 Å². The number of halogens is 2. The van der Waals surface area contributed by atoms with Gasteiger partial charge in [-0.2, -0.15) is 0 Å². The molecule has 430 valence electrons. The number of para-hydroxylation sites is 2. The fourth-order valence-electron chi connectivity index (χ4n) is 9.46. The lowest BCUT2D eigenvalue weighted by Gasteiger charge is -2.20. The minimum atomic E-state index is -3.88. The summed E-state index contributed by atoms with van der Waals surface area (Å²) in [4.78, 5) is 74.1. The Morgan fingerprint density at radius 2 is 1.12 bits per heavy atom. The molecular weight excluding hydrogens is 1100 g/mol. The molecule has 4 amide bonds. The Bertz CT molecular complexity index is 3460. The van der Waals surface area contributed by atoms with E-state index in [1.165, 1.54) is 10.2 Å². The van der Waals surface area contributed by atoms with Crippen LogP contribution < -0.4 is 21.3 Å².